The quantitative estimate of drug-likeness (QED) is 0.824. The third-order valence-corrected chi connectivity index (χ3v) is 4.52. The largest absolute Gasteiger partial charge is 0.398 e. The van der Waals surface area contributed by atoms with Crippen molar-refractivity contribution in [3.63, 3.8) is 0 Å². The molecule has 106 valence electrons. The van der Waals surface area contributed by atoms with Crippen molar-refractivity contribution in [2.75, 3.05) is 10.5 Å². The summed E-state index contributed by atoms with van der Waals surface area (Å²) in [6.45, 7) is 0. The Hall–Kier alpha value is -1.67. The molecular weight excluding hydrogens is 354 g/mol. The summed E-state index contributed by atoms with van der Waals surface area (Å²) in [5.74, 6) is -1.50. The molecule has 2 aromatic carbocycles. The van der Waals surface area contributed by atoms with Gasteiger partial charge in [-0.3, -0.25) is 4.72 Å². The van der Waals surface area contributed by atoms with Crippen molar-refractivity contribution in [2.45, 2.75) is 4.90 Å². The molecule has 0 amide bonds. The highest BCUT2D eigenvalue weighted by molar-refractivity contribution is 9.10. The smallest absolute Gasteiger partial charge is 0.266 e. The van der Waals surface area contributed by atoms with Gasteiger partial charge in [0.05, 0.1) is 15.8 Å². The molecule has 3 N–H and O–H groups in total. The molecule has 0 spiro atoms. The van der Waals surface area contributed by atoms with E-state index < -0.39 is 26.6 Å². The maximum absolute atomic E-state index is 13.6. The summed E-state index contributed by atoms with van der Waals surface area (Å²) >= 11 is 2.93. The molecular formula is C12H9BrF2N2O2S. The molecule has 0 unspecified atom stereocenters. The van der Waals surface area contributed by atoms with Gasteiger partial charge in [0.15, 0.2) is 0 Å². The molecule has 2 aromatic rings. The minimum atomic E-state index is -4.20. The Morgan fingerprint density at radius 1 is 1.10 bits per heavy atom. The number of nitrogens with two attached hydrogens (primary N) is 1. The third kappa shape index (κ3) is 2.91. The van der Waals surface area contributed by atoms with Crippen LogP contribution in [0.1, 0.15) is 0 Å². The van der Waals surface area contributed by atoms with Crippen LogP contribution in [0.2, 0.25) is 0 Å². The van der Waals surface area contributed by atoms with E-state index >= 15 is 0 Å². The van der Waals surface area contributed by atoms with Crippen molar-refractivity contribution >= 4 is 37.3 Å². The zero-order chi connectivity index (χ0) is 14.9. The first kappa shape index (κ1) is 14.7. The Morgan fingerprint density at radius 3 is 2.40 bits per heavy atom. The van der Waals surface area contributed by atoms with Crippen molar-refractivity contribution in [3.05, 3.63) is 52.5 Å². The van der Waals surface area contributed by atoms with Crippen LogP contribution in [0.15, 0.2) is 45.8 Å². The number of nitrogen functional groups attached to an aromatic ring is 1. The highest BCUT2D eigenvalue weighted by Gasteiger charge is 2.22. The van der Waals surface area contributed by atoms with Gasteiger partial charge in [0.25, 0.3) is 10.0 Å². The van der Waals surface area contributed by atoms with Crippen molar-refractivity contribution in [2.24, 2.45) is 0 Å². The minimum Gasteiger partial charge on any atom is -0.398 e. The van der Waals surface area contributed by atoms with Gasteiger partial charge >= 0.3 is 0 Å². The predicted octanol–water partition coefficient (Wildman–Crippen LogP) is 3.11. The lowest BCUT2D eigenvalue weighted by molar-refractivity contribution is 0.571. The van der Waals surface area contributed by atoms with Crippen LogP contribution >= 0.6 is 15.9 Å². The van der Waals surface area contributed by atoms with E-state index in [1.807, 2.05) is 0 Å². The molecule has 0 bridgehead atoms. The molecule has 2 rings (SSSR count). The molecule has 0 aromatic heterocycles. The molecule has 0 radical (unpaired) electrons. The van der Waals surface area contributed by atoms with Gasteiger partial charge in [0, 0.05) is 0 Å². The lowest BCUT2D eigenvalue weighted by Crippen LogP contribution is -2.16. The van der Waals surface area contributed by atoms with Crippen molar-refractivity contribution in [3.8, 4) is 0 Å². The summed E-state index contributed by atoms with van der Waals surface area (Å²) < 4.78 is 53.1. The molecule has 0 fully saturated rings. The number of hydrogen-bond donors (Lipinski definition) is 2. The number of nitrogens with one attached hydrogen (secondary N) is 1. The van der Waals surface area contributed by atoms with Crippen molar-refractivity contribution < 1.29 is 17.2 Å². The molecule has 4 nitrogen and oxygen atoms in total. The maximum atomic E-state index is 13.6. The standard InChI is InChI=1S/C12H9BrF2N2O2S/c13-8-6-7(4-5-9(8)14)17-20(18,19)12-10(15)2-1-3-11(12)16/h1-6,17H,16H2. The van der Waals surface area contributed by atoms with Crippen molar-refractivity contribution in [1.29, 1.82) is 0 Å². The van der Waals surface area contributed by atoms with E-state index in [4.69, 9.17) is 5.73 Å². The summed E-state index contributed by atoms with van der Waals surface area (Å²) in [6.07, 6.45) is 0. The van der Waals surface area contributed by atoms with Gasteiger partial charge < -0.3 is 5.73 Å². The number of halogens is 3. The average molecular weight is 363 g/mol. The average Bonchev–Trinajstić information content (AvgIpc) is 2.33. The van der Waals surface area contributed by atoms with E-state index in [0.29, 0.717) is 0 Å². The summed E-state index contributed by atoms with van der Waals surface area (Å²) in [5.41, 5.74) is 5.36. The van der Waals surface area contributed by atoms with Crippen LogP contribution in [-0.2, 0) is 10.0 Å². The fraction of sp³-hybridized carbons (Fsp3) is 0. The SMILES string of the molecule is Nc1cccc(F)c1S(=O)(=O)Nc1ccc(F)c(Br)c1. The van der Waals surface area contributed by atoms with Gasteiger partial charge in [0.2, 0.25) is 0 Å². The van der Waals surface area contributed by atoms with Gasteiger partial charge in [-0.15, -0.1) is 0 Å². The molecule has 0 saturated heterocycles. The Labute approximate surface area is 122 Å². The number of anilines is 2. The van der Waals surface area contributed by atoms with Crippen LogP contribution in [0, 0.1) is 11.6 Å². The zero-order valence-corrected chi connectivity index (χ0v) is 12.3. The highest BCUT2D eigenvalue weighted by Crippen LogP contribution is 2.26. The first-order valence-electron chi connectivity index (χ1n) is 5.33. The molecule has 0 atom stereocenters. The molecule has 0 aliphatic rings. The van der Waals surface area contributed by atoms with E-state index in [-0.39, 0.29) is 15.8 Å². The molecule has 0 aliphatic carbocycles. The first-order chi connectivity index (χ1) is 9.31. The normalized spacial score (nSPS) is 11.3. The van der Waals surface area contributed by atoms with E-state index in [2.05, 4.69) is 20.7 Å². The summed E-state index contributed by atoms with van der Waals surface area (Å²) in [4.78, 5) is -0.638. The van der Waals surface area contributed by atoms with Gasteiger partial charge in [0.1, 0.15) is 16.5 Å². The Balaban J connectivity index is 2.43. The number of benzene rings is 2. The first-order valence-corrected chi connectivity index (χ1v) is 7.61. The fourth-order valence-corrected chi connectivity index (χ4v) is 3.20. The molecule has 0 saturated carbocycles. The number of sulfonamides is 1. The van der Waals surface area contributed by atoms with Gasteiger partial charge in [-0.1, -0.05) is 6.07 Å². The number of rotatable bonds is 3. The molecule has 20 heavy (non-hydrogen) atoms. The summed E-state index contributed by atoms with van der Waals surface area (Å²) in [7, 11) is -4.20. The minimum absolute atomic E-state index is 0.0826. The Morgan fingerprint density at radius 2 is 1.80 bits per heavy atom. The Bertz CT molecular complexity index is 746. The van der Waals surface area contributed by atoms with Crippen molar-refractivity contribution in [1.82, 2.24) is 0 Å². The van der Waals surface area contributed by atoms with Crippen LogP contribution in [-0.4, -0.2) is 8.42 Å². The van der Waals surface area contributed by atoms with E-state index in [1.165, 1.54) is 24.3 Å². The van der Waals surface area contributed by atoms with Crippen LogP contribution in [0.5, 0.6) is 0 Å². The summed E-state index contributed by atoms with van der Waals surface area (Å²) in [6, 6.07) is 7.09. The van der Waals surface area contributed by atoms with Crippen LogP contribution in [0.25, 0.3) is 0 Å². The van der Waals surface area contributed by atoms with E-state index in [9.17, 15) is 17.2 Å². The molecule has 0 aliphatic heterocycles. The van der Waals surface area contributed by atoms with E-state index in [0.717, 1.165) is 12.1 Å². The second-order valence-corrected chi connectivity index (χ2v) is 6.37. The predicted molar refractivity (Wildman–Crippen MR) is 75.7 cm³/mol. The Kier molecular flexibility index (Phi) is 3.96. The monoisotopic (exact) mass is 362 g/mol. The fourth-order valence-electron chi connectivity index (χ4n) is 1.57. The van der Waals surface area contributed by atoms with Crippen LogP contribution in [0.3, 0.4) is 0 Å². The third-order valence-electron chi connectivity index (χ3n) is 2.44. The highest BCUT2D eigenvalue weighted by atomic mass is 79.9. The maximum Gasteiger partial charge on any atom is 0.266 e. The van der Waals surface area contributed by atoms with Crippen LogP contribution < -0.4 is 10.5 Å². The zero-order valence-electron chi connectivity index (χ0n) is 9.90. The van der Waals surface area contributed by atoms with Gasteiger partial charge in [-0.05, 0) is 46.3 Å². The molecule has 8 heteroatoms. The topological polar surface area (TPSA) is 72.2 Å². The van der Waals surface area contributed by atoms with Gasteiger partial charge in [-0.2, -0.15) is 0 Å². The lowest BCUT2D eigenvalue weighted by atomic mass is 10.3. The summed E-state index contributed by atoms with van der Waals surface area (Å²) in [5, 5.41) is 0. The number of hydrogen-bond acceptors (Lipinski definition) is 3. The second-order valence-electron chi connectivity index (χ2n) is 3.89. The lowest BCUT2D eigenvalue weighted by Gasteiger charge is -2.11. The van der Waals surface area contributed by atoms with Crippen LogP contribution in [0.4, 0.5) is 20.2 Å². The van der Waals surface area contributed by atoms with Gasteiger partial charge in [-0.25, -0.2) is 17.2 Å². The van der Waals surface area contributed by atoms with E-state index in [1.54, 1.807) is 0 Å². The second kappa shape index (κ2) is 5.37. The molecule has 0 heterocycles.